The second kappa shape index (κ2) is 9.20. The van der Waals surface area contributed by atoms with Gasteiger partial charge in [0.1, 0.15) is 5.75 Å². The largest absolute Gasteiger partial charge is 0.495 e. The molecule has 0 fully saturated rings. The number of halogens is 1. The van der Waals surface area contributed by atoms with Crippen LogP contribution in [-0.4, -0.2) is 30.4 Å². The van der Waals surface area contributed by atoms with Crippen molar-refractivity contribution in [3.05, 3.63) is 53.6 Å². The highest BCUT2D eigenvalue weighted by Gasteiger charge is 2.10. The highest BCUT2D eigenvalue weighted by molar-refractivity contribution is 8.00. The summed E-state index contributed by atoms with van der Waals surface area (Å²) in [6.07, 6.45) is 0. The number of nitrogens with one attached hydrogen (secondary N) is 2. The molecule has 2 aromatic carbocycles. The van der Waals surface area contributed by atoms with Crippen molar-refractivity contribution in [2.75, 3.05) is 29.2 Å². The molecule has 126 valence electrons. The van der Waals surface area contributed by atoms with E-state index < -0.39 is 0 Å². The Bertz CT molecular complexity index is 710. The van der Waals surface area contributed by atoms with Gasteiger partial charge in [-0.25, -0.2) is 0 Å². The van der Waals surface area contributed by atoms with Crippen LogP contribution in [0.4, 0.5) is 11.4 Å². The summed E-state index contributed by atoms with van der Waals surface area (Å²) in [6.45, 7) is 0. The minimum atomic E-state index is -0.229. The number of amides is 2. The van der Waals surface area contributed by atoms with E-state index in [2.05, 4.69) is 10.6 Å². The Morgan fingerprint density at radius 3 is 2.38 bits per heavy atom. The van der Waals surface area contributed by atoms with Crippen molar-refractivity contribution in [2.45, 2.75) is 0 Å². The number of carbonyl (C=O) groups excluding carboxylic acids is 2. The van der Waals surface area contributed by atoms with Crippen LogP contribution in [0.3, 0.4) is 0 Å². The lowest BCUT2D eigenvalue weighted by molar-refractivity contribution is -0.114. The van der Waals surface area contributed by atoms with Crippen LogP contribution >= 0.6 is 23.4 Å². The monoisotopic (exact) mass is 364 g/mol. The van der Waals surface area contributed by atoms with Crippen LogP contribution in [0.1, 0.15) is 0 Å². The second-order valence-corrected chi connectivity index (χ2v) is 6.22. The number of thioether (sulfide) groups is 1. The quantitative estimate of drug-likeness (QED) is 0.786. The second-order valence-electron chi connectivity index (χ2n) is 4.80. The van der Waals surface area contributed by atoms with Gasteiger partial charge >= 0.3 is 0 Å². The maximum absolute atomic E-state index is 12.0. The van der Waals surface area contributed by atoms with Crippen molar-refractivity contribution >= 4 is 46.6 Å². The summed E-state index contributed by atoms with van der Waals surface area (Å²) in [5, 5.41) is 5.99. The summed E-state index contributed by atoms with van der Waals surface area (Å²) in [5.41, 5.74) is 1.24. The molecule has 0 saturated heterocycles. The van der Waals surface area contributed by atoms with Crippen molar-refractivity contribution in [2.24, 2.45) is 0 Å². The molecule has 0 saturated carbocycles. The van der Waals surface area contributed by atoms with Gasteiger partial charge in [0.25, 0.3) is 0 Å². The predicted octanol–water partition coefficient (Wildman–Crippen LogP) is 3.66. The van der Waals surface area contributed by atoms with E-state index in [1.54, 1.807) is 30.3 Å². The molecule has 0 atom stereocenters. The number of carbonyl (C=O) groups is 2. The van der Waals surface area contributed by atoms with Crippen LogP contribution in [0.15, 0.2) is 48.5 Å². The van der Waals surface area contributed by atoms with E-state index in [0.29, 0.717) is 16.5 Å². The van der Waals surface area contributed by atoms with Crippen LogP contribution in [0.2, 0.25) is 5.02 Å². The Morgan fingerprint density at radius 1 is 1.04 bits per heavy atom. The van der Waals surface area contributed by atoms with Gasteiger partial charge in [-0.3, -0.25) is 9.59 Å². The van der Waals surface area contributed by atoms with Gasteiger partial charge in [0.05, 0.1) is 24.3 Å². The Hall–Kier alpha value is -2.18. The average Bonchev–Trinajstić information content (AvgIpc) is 2.56. The SMILES string of the molecule is COc1ccc(Cl)cc1NC(=O)CSCC(=O)Nc1ccccc1. The summed E-state index contributed by atoms with van der Waals surface area (Å²) in [6, 6.07) is 14.1. The Morgan fingerprint density at radius 2 is 1.71 bits per heavy atom. The zero-order valence-electron chi connectivity index (χ0n) is 13.0. The van der Waals surface area contributed by atoms with Crippen molar-refractivity contribution < 1.29 is 14.3 Å². The maximum atomic E-state index is 12.0. The number of hydrogen-bond acceptors (Lipinski definition) is 4. The van der Waals surface area contributed by atoms with E-state index in [1.807, 2.05) is 18.2 Å². The van der Waals surface area contributed by atoms with Gasteiger partial charge in [-0.15, -0.1) is 11.8 Å². The fourth-order valence-electron chi connectivity index (χ4n) is 1.92. The van der Waals surface area contributed by atoms with Crippen molar-refractivity contribution in [1.82, 2.24) is 0 Å². The highest BCUT2D eigenvalue weighted by atomic mass is 35.5. The molecule has 5 nitrogen and oxygen atoms in total. The van der Waals surface area contributed by atoms with E-state index in [4.69, 9.17) is 16.3 Å². The number of methoxy groups -OCH3 is 1. The third-order valence-corrected chi connectivity index (χ3v) is 4.13. The molecular weight excluding hydrogens is 348 g/mol. The normalized spacial score (nSPS) is 10.1. The topological polar surface area (TPSA) is 67.4 Å². The van der Waals surface area contributed by atoms with Gasteiger partial charge in [0.15, 0.2) is 0 Å². The van der Waals surface area contributed by atoms with E-state index in [0.717, 1.165) is 5.69 Å². The molecule has 0 bridgehead atoms. The number of rotatable bonds is 7. The molecule has 24 heavy (non-hydrogen) atoms. The average molecular weight is 365 g/mol. The summed E-state index contributed by atoms with van der Waals surface area (Å²) in [5.74, 6) is 0.486. The first-order chi connectivity index (χ1) is 11.6. The molecule has 0 aliphatic rings. The first-order valence-corrected chi connectivity index (χ1v) is 8.68. The van der Waals surface area contributed by atoms with E-state index >= 15 is 0 Å². The number of benzene rings is 2. The molecule has 0 heterocycles. The van der Waals surface area contributed by atoms with Crippen LogP contribution in [0.5, 0.6) is 5.75 Å². The first kappa shape index (κ1) is 18.2. The lowest BCUT2D eigenvalue weighted by Gasteiger charge is -2.10. The van der Waals surface area contributed by atoms with Crippen LogP contribution < -0.4 is 15.4 Å². The van der Waals surface area contributed by atoms with Gasteiger partial charge in [-0.05, 0) is 30.3 Å². The number of para-hydroxylation sites is 1. The van der Waals surface area contributed by atoms with Gasteiger partial charge in [-0.2, -0.15) is 0 Å². The highest BCUT2D eigenvalue weighted by Crippen LogP contribution is 2.27. The Kier molecular flexibility index (Phi) is 6.96. The molecule has 2 aromatic rings. The number of hydrogen-bond donors (Lipinski definition) is 2. The van der Waals surface area contributed by atoms with Crippen LogP contribution in [-0.2, 0) is 9.59 Å². The van der Waals surface area contributed by atoms with E-state index in [-0.39, 0.29) is 23.3 Å². The first-order valence-electron chi connectivity index (χ1n) is 7.14. The molecule has 0 aliphatic carbocycles. The summed E-state index contributed by atoms with van der Waals surface area (Å²) < 4.78 is 5.17. The van der Waals surface area contributed by atoms with Crippen molar-refractivity contribution in [3.8, 4) is 5.75 Å². The van der Waals surface area contributed by atoms with Crippen LogP contribution in [0, 0.1) is 0 Å². The van der Waals surface area contributed by atoms with Gasteiger partial charge in [-0.1, -0.05) is 29.8 Å². The standard InChI is InChI=1S/C17H17ClN2O3S/c1-23-15-8-7-12(18)9-14(15)20-17(22)11-24-10-16(21)19-13-5-3-2-4-6-13/h2-9H,10-11H2,1H3,(H,19,21)(H,20,22). The third kappa shape index (κ3) is 5.79. The van der Waals surface area contributed by atoms with Gasteiger partial charge in [0, 0.05) is 10.7 Å². The summed E-state index contributed by atoms with van der Waals surface area (Å²) in [7, 11) is 1.52. The maximum Gasteiger partial charge on any atom is 0.234 e. The number of anilines is 2. The molecule has 7 heteroatoms. The molecule has 0 unspecified atom stereocenters. The zero-order valence-corrected chi connectivity index (χ0v) is 14.6. The predicted molar refractivity (Wildman–Crippen MR) is 99.0 cm³/mol. The van der Waals surface area contributed by atoms with Gasteiger partial charge in [0.2, 0.25) is 11.8 Å². The van der Waals surface area contributed by atoms with Crippen molar-refractivity contribution in [1.29, 1.82) is 0 Å². The zero-order chi connectivity index (χ0) is 17.4. The van der Waals surface area contributed by atoms with E-state index in [1.165, 1.54) is 18.9 Å². The molecule has 2 amide bonds. The Balaban J connectivity index is 1.77. The minimum Gasteiger partial charge on any atom is -0.495 e. The lowest BCUT2D eigenvalue weighted by atomic mass is 10.3. The van der Waals surface area contributed by atoms with Crippen LogP contribution in [0.25, 0.3) is 0 Å². The fourth-order valence-corrected chi connectivity index (χ4v) is 2.71. The molecule has 2 rings (SSSR count). The summed E-state index contributed by atoms with van der Waals surface area (Å²) in [4.78, 5) is 23.8. The smallest absolute Gasteiger partial charge is 0.234 e. The molecule has 0 spiro atoms. The molecule has 0 aromatic heterocycles. The third-order valence-electron chi connectivity index (χ3n) is 2.96. The molecule has 0 aliphatic heterocycles. The molecule has 2 N–H and O–H groups in total. The van der Waals surface area contributed by atoms with E-state index in [9.17, 15) is 9.59 Å². The van der Waals surface area contributed by atoms with Crippen molar-refractivity contribution in [3.63, 3.8) is 0 Å². The number of ether oxygens (including phenoxy) is 1. The Labute approximate surface area is 149 Å². The molecule has 0 radical (unpaired) electrons. The summed E-state index contributed by atoms with van der Waals surface area (Å²) >= 11 is 7.14. The van der Waals surface area contributed by atoms with Gasteiger partial charge < -0.3 is 15.4 Å². The fraction of sp³-hybridized carbons (Fsp3) is 0.176. The molecular formula is C17H17ClN2O3S. The lowest BCUT2D eigenvalue weighted by Crippen LogP contribution is -2.18. The minimum absolute atomic E-state index is 0.151.